The number of carbonyl (C=O) groups is 1. The Kier molecular flexibility index (Phi) is 2.98. The molecule has 88 valence electrons. The molecule has 1 N–H and O–H groups in total. The number of nitrogens with zero attached hydrogens (tertiary/aromatic N) is 2. The minimum atomic E-state index is -0.905. The summed E-state index contributed by atoms with van der Waals surface area (Å²) in [7, 11) is 1.25. The largest absolute Gasteiger partial charge is 0.452 e. The van der Waals surface area contributed by atoms with Gasteiger partial charge in [0.15, 0.2) is 6.04 Å². The second-order valence-electron chi connectivity index (χ2n) is 3.81. The van der Waals surface area contributed by atoms with Gasteiger partial charge in [0.05, 0.1) is 25.0 Å². The smallest absolute Gasteiger partial charge is 0.415 e. The van der Waals surface area contributed by atoms with Crippen LogP contribution in [-0.4, -0.2) is 30.5 Å². The summed E-state index contributed by atoms with van der Waals surface area (Å²) in [5.41, 5.74) is 1.45. The minimum Gasteiger partial charge on any atom is -0.452 e. The van der Waals surface area contributed by atoms with E-state index in [2.05, 4.69) is 4.74 Å². The number of anilines is 1. The van der Waals surface area contributed by atoms with E-state index in [1.807, 2.05) is 18.2 Å². The molecule has 1 aromatic carbocycles. The van der Waals surface area contributed by atoms with Gasteiger partial charge in [0.2, 0.25) is 0 Å². The van der Waals surface area contributed by atoms with Gasteiger partial charge >= 0.3 is 6.09 Å². The van der Waals surface area contributed by atoms with Gasteiger partial charge in [-0.2, -0.15) is 5.26 Å². The summed E-state index contributed by atoms with van der Waals surface area (Å²) in [4.78, 5) is 12.9. The Balaban J connectivity index is 2.51. The zero-order chi connectivity index (χ0) is 12.4. The molecule has 0 fully saturated rings. The molecule has 1 aromatic rings. The number of nitriles is 1. The fourth-order valence-corrected chi connectivity index (χ4v) is 2.03. The van der Waals surface area contributed by atoms with Crippen molar-refractivity contribution in [3.8, 4) is 6.07 Å². The molecule has 2 rings (SSSR count). The Labute approximate surface area is 98.8 Å². The number of aliphatic hydroxyl groups excluding tert-OH is 1. The zero-order valence-corrected chi connectivity index (χ0v) is 9.33. The highest BCUT2D eigenvalue weighted by Gasteiger charge is 2.37. The quantitative estimate of drug-likeness (QED) is 0.726. The molecule has 0 bridgehead atoms. The van der Waals surface area contributed by atoms with Crippen LogP contribution in [0.4, 0.5) is 10.5 Å². The van der Waals surface area contributed by atoms with E-state index in [-0.39, 0.29) is 0 Å². The van der Waals surface area contributed by atoms with Crippen molar-refractivity contribution < 1.29 is 14.6 Å². The van der Waals surface area contributed by atoms with E-state index in [1.165, 1.54) is 12.0 Å². The highest BCUT2D eigenvalue weighted by Crippen LogP contribution is 2.31. The number of benzene rings is 1. The van der Waals surface area contributed by atoms with Crippen LogP contribution < -0.4 is 4.90 Å². The summed E-state index contributed by atoms with van der Waals surface area (Å²) >= 11 is 0. The van der Waals surface area contributed by atoms with E-state index in [0.29, 0.717) is 12.1 Å². The van der Waals surface area contributed by atoms with Crippen LogP contribution in [0.2, 0.25) is 0 Å². The van der Waals surface area contributed by atoms with Crippen molar-refractivity contribution in [3.63, 3.8) is 0 Å². The van der Waals surface area contributed by atoms with Crippen LogP contribution in [0.5, 0.6) is 0 Å². The average molecular weight is 232 g/mol. The van der Waals surface area contributed by atoms with Crippen LogP contribution in [0.25, 0.3) is 0 Å². The van der Waals surface area contributed by atoms with Gasteiger partial charge in [-0.3, -0.25) is 4.90 Å². The van der Waals surface area contributed by atoms with Crippen molar-refractivity contribution in [2.75, 3.05) is 12.0 Å². The monoisotopic (exact) mass is 232 g/mol. The van der Waals surface area contributed by atoms with Crippen LogP contribution in [0, 0.1) is 11.3 Å². The lowest BCUT2D eigenvalue weighted by Crippen LogP contribution is -2.50. The zero-order valence-electron chi connectivity index (χ0n) is 9.33. The fourth-order valence-electron chi connectivity index (χ4n) is 2.03. The van der Waals surface area contributed by atoms with Crippen LogP contribution in [0.15, 0.2) is 24.3 Å². The van der Waals surface area contributed by atoms with Gasteiger partial charge < -0.3 is 9.84 Å². The van der Waals surface area contributed by atoms with Crippen LogP contribution >= 0.6 is 0 Å². The van der Waals surface area contributed by atoms with E-state index in [4.69, 9.17) is 5.26 Å². The molecule has 0 saturated carbocycles. The number of aliphatic hydroxyl groups is 1. The summed E-state index contributed by atoms with van der Waals surface area (Å²) in [6.07, 6.45) is -1.17. The molecule has 2 atom stereocenters. The Morgan fingerprint density at radius 3 is 2.94 bits per heavy atom. The van der Waals surface area contributed by atoms with Crippen molar-refractivity contribution in [1.82, 2.24) is 0 Å². The molecule has 1 amide bonds. The minimum absolute atomic E-state index is 0.363. The topological polar surface area (TPSA) is 73.6 Å². The lowest BCUT2D eigenvalue weighted by molar-refractivity contribution is 0.138. The molecular formula is C12H12N2O3. The number of rotatable bonds is 0. The van der Waals surface area contributed by atoms with Crippen molar-refractivity contribution in [2.24, 2.45) is 0 Å². The molecule has 1 heterocycles. The number of fused-ring (bicyclic) bond motifs is 1. The average Bonchev–Trinajstić information content (AvgIpc) is 2.36. The third-order valence-electron chi connectivity index (χ3n) is 2.83. The number of methoxy groups -OCH3 is 1. The maximum Gasteiger partial charge on any atom is 0.415 e. The fraction of sp³-hybridized carbons (Fsp3) is 0.333. The molecule has 17 heavy (non-hydrogen) atoms. The standard InChI is InChI=1S/C12H12N2O3/c1-17-12(16)14-9-5-3-2-4-8(9)6-11(15)10(14)7-13/h2-5,10-11,15H,6H2,1H3/t10-,11+/m1/s1. The predicted octanol–water partition coefficient (Wildman–Crippen LogP) is 1.07. The second kappa shape index (κ2) is 4.44. The molecular weight excluding hydrogens is 220 g/mol. The number of hydrogen-bond acceptors (Lipinski definition) is 4. The maximum atomic E-state index is 11.7. The first-order valence-corrected chi connectivity index (χ1v) is 5.21. The molecule has 5 nitrogen and oxygen atoms in total. The van der Waals surface area contributed by atoms with Gasteiger partial charge in [0.25, 0.3) is 0 Å². The van der Waals surface area contributed by atoms with Crippen LogP contribution in [-0.2, 0) is 11.2 Å². The molecule has 1 aliphatic heterocycles. The highest BCUT2D eigenvalue weighted by molar-refractivity contribution is 5.90. The van der Waals surface area contributed by atoms with Crippen molar-refractivity contribution >= 4 is 11.8 Å². The number of hydrogen-bond donors (Lipinski definition) is 1. The Morgan fingerprint density at radius 1 is 1.59 bits per heavy atom. The molecule has 0 radical (unpaired) electrons. The van der Waals surface area contributed by atoms with Gasteiger partial charge in [-0.15, -0.1) is 0 Å². The van der Waals surface area contributed by atoms with Crippen LogP contribution in [0.3, 0.4) is 0 Å². The molecule has 0 aliphatic carbocycles. The third-order valence-corrected chi connectivity index (χ3v) is 2.83. The second-order valence-corrected chi connectivity index (χ2v) is 3.81. The molecule has 1 aliphatic rings. The Bertz CT molecular complexity index is 481. The Hall–Kier alpha value is -2.06. The lowest BCUT2D eigenvalue weighted by atomic mass is 9.94. The number of ether oxygens (including phenoxy) is 1. The van der Waals surface area contributed by atoms with E-state index in [1.54, 1.807) is 12.1 Å². The first kappa shape index (κ1) is 11.4. The first-order valence-electron chi connectivity index (χ1n) is 5.21. The SMILES string of the molecule is COC(=O)N1c2ccccc2C[C@H](O)[C@H]1C#N. The summed E-state index contributed by atoms with van der Waals surface area (Å²) in [6.45, 7) is 0. The summed E-state index contributed by atoms with van der Waals surface area (Å²) in [5.74, 6) is 0. The van der Waals surface area contributed by atoms with E-state index in [9.17, 15) is 9.90 Å². The van der Waals surface area contributed by atoms with Crippen LogP contribution in [0.1, 0.15) is 5.56 Å². The number of para-hydroxylation sites is 1. The summed E-state index contributed by atoms with van der Waals surface area (Å²) < 4.78 is 4.65. The number of amides is 1. The molecule has 0 spiro atoms. The summed E-state index contributed by atoms with van der Waals surface area (Å²) in [5, 5.41) is 18.9. The summed E-state index contributed by atoms with van der Waals surface area (Å²) in [6, 6.07) is 8.20. The molecule has 0 unspecified atom stereocenters. The van der Waals surface area contributed by atoms with E-state index in [0.717, 1.165) is 5.56 Å². The predicted molar refractivity (Wildman–Crippen MR) is 60.4 cm³/mol. The van der Waals surface area contributed by atoms with Gasteiger partial charge in [-0.1, -0.05) is 18.2 Å². The van der Waals surface area contributed by atoms with Gasteiger partial charge in [-0.25, -0.2) is 4.79 Å². The van der Waals surface area contributed by atoms with E-state index < -0.39 is 18.2 Å². The lowest BCUT2D eigenvalue weighted by Gasteiger charge is -2.35. The molecule has 0 aromatic heterocycles. The van der Waals surface area contributed by atoms with Crippen molar-refractivity contribution in [3.05, 3.63) is 29.8 Å². The van der Waals surface area contributed by atoms with Gasteiger partial charge in [0, 0.05) is 6.42 Å². The normalized spacial score (nSPS) is 22.5. The first-order chi connectivity index (χ1) is 8.19. The van der Waals surface area contributed by atoms with E-state index >= 15 is 0 Å². The Morgan fingerprint density at radius 2 is 2.29 bits per heavy atom. The number of carbonyl (C=O) groups excluding carboxylic acids is 1. The maximum absolute atomic E-state index is 11.7. The van der Waals surface area contributed by atoms with Gasteiger partial charge in [-0.05, 0) is 11.6 Å². The highest BCUT2D eigenvalue weighted by atomic mass is 16.5. The van der Waals surface area contributed by atoms with Gasteiger partial charge in [0.1, 0.15) is 0 Å². The van der Waals surface area contributed by atoms with Crippen molar-refractivity contribution in [1.29, 1.82) is 5.26 Å². The third kappa shape index (κ3) is 1.83. The molecule has 0 saturated heterocycles. The van der Waals surface area contributed by atoms with Crippen molar-refractivity contribution in [2.45, 2.75) is 18.6 Å². The molecule has 5 heteroatoms.